The molecular formula is C19H17BBr2F2N2. The summed E-state index contributed by atoms with van der Waals surface area (Å²) < 4.78 is 35.4. The van der Waals surface area contributed by atoms with Crippen molar-refractivity contribution in [3.8, 4) is 0 Å². The second kappa shape index (κ2) is 5.76. The quantitative estimate of drug-likeness (QED) is 0.440. The average molecular weight is 482 g/mol. The van der Waals surface area contributed by atoms with Crippen LogP contribution in [0.5, 0.6) is 0 Å². The predicted octanol–water partition coefficient (Wildman–Crippen LogP) is 6.02. The minimum Gasteiger partial charge on any atom is -0.392 e. The molecule has 26 heavy (non-hydrogen) atoms. The number of allylic oxidation sites excluding steroid dienone is 2. The normalized spacial score (nSPS) is 18.6. The highest BCUT2D eigenvalue weighted by Crippen LogP contribution is 2.48. The Labute approximate surface area is 168 Å². The molecule has 2 aliphatic heterocycles. The number of nitrogens with zero attached hydrogens (tertiary/aromatic N) is 2. The molecule has 0 amide bonds. The van der Waals surface area contributed by atoms with Crippen LogP contribution in [0.25, 0.3) is 5.57 Å². The van der Waals surface area contributed by atoms with Crippen LogP contribution in [-0.2, 0) is 0 Å². The van der Waals surface area contributed by atoms with E-state index in [9.17, 15) is 0 Å². The molecule has 134 valence electrons. The highest BCUT2D eigenvalue weighted by molar-refractivity contribution is 9.12. The summed E-state index contributed by atoms with van der Waals surface area (Å²) in [7, 11) is 0. The molecule has 2 aliphatic rings. The Morgan fingerprint density at radius 2 is 1.62 bits per heavy atom. The molecule has 0 atom stereocenters. The van der Waals surface area contributed by atoms with E-state index in [0.717, 1.165) is 31.2 Å². The summed E-state index contributed by atoms with van der Waals surface area (Å²) in [6.07, 6.45) is 0. The van der Waals surface area contributed by atoms with Gasteiger partial charge in [0.05, 0.1) is 10.1 Å². The lowest BCUT2D eigenvalue weighted by molar-refractivity contribution is -0.363. The van der Waals surface area contributed by atoms with E-state index in [1.165, 1.54) is 8.96 Å². The SMILES string of the molecule is CC1=C(Br)C(C)=[N+]2C1=C(c1ccccc1)c1c(C)c(Br)c(C)n1[B-]2(F)F. The largest absolute Gasteiger partial charge is 0.737 e. The standard InChI is InChI=1S/C19H17BBr2F2N2/c1-10-16(21)12(3)25-18(10)15(14-8-6-5-7-9-14)19-11(2)17(22)13(4)26(19)20(25,23)24/h5-9H,1-4H3. The third-order valence-corrected chi connectivity index (χ3v) is 7.70. The van der Waals surface area contributed by atoms with Crippen molar-refractivity contribution in [1.29, 1.82) is 0 Å². The molecule has 7 heteroatoms. The molecule has 0 radical (unpaired) electrons. The maximum atomic E-state index is 15.7. The molecule has 0 spiro atoms. The van der Waals surface area contributed by atoms with Gasteiger partial charge in [0.15, 0.2) is 5.70 Å². The van der Waals surface area contributed by atoms with E-state index in [4.69, 9.17) is 0 Å². The van der Waals surface area contributed by atoms with Gasteiger partial charge in [0.1, 0.15) is 5.71 Å². The molecule has 0 saturated heterocycles. The van der Waals surface area contributed by atoms with Crippen molar-refractivity contribution in [2.75, 3.05) is 0 Å². The van der Waals surface area contributed by atoms with Gasteiger partial charge < -0.3 is 17.6 Å². The van der Waals surface area contributed by atoms with Crippen LogP contribution in [0.3, 0.4) is 0 Å². The zero-order valence-corrected chi connectivity index (χ0v) is 18.0. The molecule has 0 bridgehead atoms. The summed E-state index contributed by atoms with van der Waals surface area (Å²) >= 11 is 7.04. The Kier molecular flexibility index (Phi) is 3.97. The van der Waals surface area contributed by atoms with Crippen molar-refractivity contribution in [3.05, 3.63) is 73.1 Å². The maximum Gasteiger partial charge on any atom is 0.737 e. The zero-order chi connectivity index (χ0) is 19.0. The summed E-state index contributed by atoms with van der Waals surface area (Å²) in [5.41, 5.74) is 5.72. The summed E-state index contributed by atoms with van der Waals surface area (Å²) in [6.45, 7) is 3.29. The van der Waals surface area contributed by atoms with E-state index >= 15 is 8.63 Å². The number of hydrogen-bond donors (Lipinski definition) is 0. The van der Waals surface area contributed by atoms with Gasteiger partial charge in [-0.2, -0.15) is 0 Å². The van der Waals surface area contributed by atoms with Gasteiger partial charge in [-0.15, -0.1) is 0 Å². The molecule has 1 aromatic carbocycles. The van der Waals surface area contributed by atoms with Gasteiger partial charge in [-0.1, -0.05) is 30.3 Å². The first-order valence-electron chi connectivity index (χ1n) is 8.39. The number of benzene rings is 1. The Bertz CT molecular complexity index is 1060. The first-order chi connectivity index (χ1) is 12.2. The molecule has 0 fully saturated rings. The number of halogens is 4. The number of hydrogen-bond acceptors (Lipinski definition) is 0. The molecule has 2 aromatic rings. The molecular weight excluding hydrogens is 465 g/mol. The maximum absolute atomic E-state index is 15.7. The van der Waals surface area contributed by atoms with E-state index in [2.05, 4.69) is 31.9 Å². The molecule has 4 rings (SSSR count). The van der Waals surface area contributed by atoms with Crippen molar-refractivity contribution in [2.24, 2.45) is 0 Å². The molecule has 0 saturated carbocycles. The first-order valence-corrected chi connectivity index (χ1v) is 9.97. The summed E-state index contributed by atoms with van der Waals surface area (Å²) in [5, 5.41) is 0. The average Bonchev–Trinajstić information content (AvgIpc) is 2.98. The van der Waals surface area contributed by atoms with Crippen LogP contribution >= 0.6 is 31.9 Å². The van der Waals surface area contributed by atoms with E-state index in [-0.39, 0.29) is 0 Å². The van der Waals surface area contributed by atoms with Crippen molar-refractivity contribution in [3.63, 3.8) is 0 Å². The topological polar surface area (TPSA) is 7.94 Å². The van der Waals surface area contributed by atoms with Gasteiger partial charge >= 0.3 is 6.97 Å². The van der Waals surface area contributed by atoms with Crippen LogP contribution in [-0.4, -0.2) is 21.6 Å². The fourth-order valence-electron chi connectivity index (χ4n) is 4.16. The van der Waals surface area contributed by atoms with Gasteiger partial charge in [0.25, 0.3) is 0 Å². The minimum absolute atomic E-state index is 0.545. The molecule has 0 unspecified atom stereocenters. The Hall–Kier alpha value is -1.47. The summed E-state index contributed by atoms with van der Waals surface area (Å²) in [4.78, 5) is 0. The van der Waals surface area contributed by atoms with Crippen LogP contribution in [0.2, 0.25) is 0 Å². The van der Waals surface area contributed by atoms with Gasteiger partial charge in [0.2, 0.25) is 0 Å². The van der Waals surface area contributed by atoms with Crippen LogP contribution < -0.4 is 0 Å². The van der Waals surface area contributed by atoms with E-state index in [0.29, 0.717) is 22.8 Å². The second-order valence-corrected chi connectivity index (χ2v) is 8.40. The van der Waals surface area contributed by atoms with Gasteiger partial charge in [0, 0.05) is 22.7 Å². The minimum atomic E-state index is -3.99. The van der Waals surface area contributed by atoms with Crippen LogP contribution in [0.1, 0.15) is 36.4 Å². The fourth-order valence-corrected chi connectivity index (χ4v) is 4.91. The van der Waals surface area contributed by atoms with Crippen molar-refractivity contribution in [2.45, 2.75) is 27.7 Å². The fraction of sp³-hybridized carbons (Fsp3) is 0.211. The number of fused-ring (bicyclic) bond motifs is 2. The monoisotopic (exact) mass is 480 g/mol. The molecule has 0 aliphatic carbocycles. The highest BCUT2D eigenvalue weighted by Gasteiger charge is 2.56. The Balaban J connectivity index is 2.25. The number of aromatic nitrogens is 1. The Morgan fingerprint density at radius 3 is 2.23 bits per heavy atom. The van der Waals surface area contributed by atoms with Crippen molar-refractivity contribution in [1.82, 2.24) is 4.48 Å². The van der Waals surface area contributed by atoms with E-state index < -0.39 is 6.97 Å². The highest BCUT2D eigenvalue weighted by atomic mass is 79.9. The van der Waals surface area contributed by atoms with Gasteiger partial charge in [-0.25, -0.2) is 0 Å². The molecule has 1 aromatic heterocycles. The lowest BCUT2D eigenvalue weighted by Crippen LogP contribution is -2.51. The van der Waals surface area contributed by atoms with Crippen molar-refractivity contribution < 1.29 is 13.1 Å². The van der Waals surface area contributed by atoms with E-state index in [1.807, 2.05) is 44.2 Å². The third kappa shape index (κ3) is 2.10. The zero-order valence-electron chi connectivity index (χ0n) is 14.9. The number of rotatable bonds is 1. The molecule has 0 N–H and O–H groups in total. The summed E-state index contributed by atoms with van der Waals surface area (Å²) in [6, 6.07) is 9.77. The first kappa shape index (κ1) is 17.9. The van der Waals surface area contributed by atoms with Crippen molar-refractivity contribution >= 4 is 50.1 Å². The lowest BCUT2D eigenvalue weighted by atomic mass is 9.84. The van der Waals surface area contributed by atoms with Crippen LogP contribution in [0.4, 0.5) is 8.63 Å². The third-order valence-electron chi connectivity index (χ3n) is 5.37. The lowest BCUT2D eigenvalue weighted by Gasteiger charge is -2.33. The van der Waals surface area contributed by atoms with Gasteiger partial charge in [-0.3, -0.25) is 0 Å². The van der Waals surface area contributed by atoms with E-state index in [1.54, 1.807) is 13.8 Å². The van der Waals surface area contributed by atoms with Gasteiger partial charge in [-0.05, 0) is 69.5 Å². The van der Waals surface area contributed by atoms with Crippen LogP contribution in [0, 0.1) is 13.8 Å². The molecule has 2 nitrogen and oxygen atoms in total. The summed E-state index contributed by atoms with van der Waals surface area (Å²) in [5.74, 6) is 0. The second-order valence-electron chi connectivity index (χ2n) is 6.82. The predicted molar refractivity (Wildman–Crippen MR) is 110 cm³/mol. The Morgan fingerprint density at radius 1 is 1.00 bits per heavy atom. The smallest absolute Gasteiger partial charge is 0.392 e. The van der Waals surface area contributed by atoms with Crippen LogP contribution in [0.15, 0.2) is 50.6 Å². The molecule has 3 heterocycles.